The fraction of sp³-hybridized carbons (Fsp3) is 0.400. The molecule has 0 saturated heterocycles. The number of halogens is 1. The average molecular weight is 200 g/mol. The van der Waals surface area contributed by atoms with Gasteiger partial charge in [-0.2, -0.15) is 0 Å². The number of hydrogen-bond donors (Lipinski definition) is 1. The molecule has 0 aliphatic carbocycles. The minimum atomic E-state index is 0.641. The first-order chi connectivity index (χ1) is 6.38. The van der Waals surface area contributed by atoms with E-state index < -0.39 is 0 Å². The summed E-state index contributed by atoms with van der Waals surface area (Å²) in [5.41, 5.74) is 1.01. The van der Waals surface area contributed by atoms with Gasteiger partial charge in [0.15, 0.2) is 0 Å². The summed E-state index contributed by atoms with van der Waals surface area (Å²) in [5, 5.41) is 3.06. The summed E-state index contributed by atoms with van der Waals surface area (Å²) in [6.45, 7) is 0.669. The molecule has 13 heavy (non-hydrogen) atoms. The first kappa shape index (κ1) is 10.2. The zero-order valence-electron chi connectivity index (χ0n) is 7.72. The minimum Gasteiger partial charge on any atom is -0.491 e. The van der Waals surface area contributed by atoms with Gasteiger partial charge in [0.2, 0.25) is 0 Å². The van der Waals surface area contributed by atoms with Gasteiger partial charge in [0.25, 0.3) is 0 Å². The van der Waals surface area contributed by atoms with Gasteiger partial charge in [-0.1, -0.05) is 12.1 Å². The Labute approximate surface area is 83.9 Å². The van der Waals surface area contributed by atoms with Crippen LogP contribution in [0.25, 0.3) is 0 Å². The van der Waals surface area contributed by atoms with E-state index in [1.165, 1.54) is 0 Å². The Hall–Kier alpha value is -0.890. The number of nitrogens with one attached hydrogen (secondary N) is 1. The number of rotatable bonds is 5. The molecule has 0 spiro atoms. The number of alkyl halides is 1. The summed E-state index contributed by atoms with van der Waals surface area (Å²) in [5.74, 6) is 1.52. The number of benzene rings is 1. The molecule has 1 aromatic carbocycles. The molecule has 1 rings (SSSR count). The lowest BCUT2D eigenvalue weighted by Crippen LogP contribution is -2.00. The Morgan fingerprint density at radius 2 is 2.15 bits per heavy atom. The van der Waals surface area contributed by atoms with Crippen LogP contribution in [0, 0.1) is 0 Å². The van der Waals surface area contributed by atoms with E-state index >= 15 is 0 Å². The third-order valence-electron chi connectivity index (χ3n) is 1.69. The van der Waals surface area contributed by atoms with Crippen molar-refractivity contribution in [2.24, 2.45) is 0 Å². The molecule has 0 bridgehead atoms. The molecule has 72 valence electrons. The predicted molar refractivity (Wildman–Crippen MR) is 56.8 cm³/mol. The van der Waals surface area contributed by atoms with E-state index in [9.17, 15) is 0 Å². The van der Waals surface area contributed by atoms with E-state index in [4.69, 9.17) is 16.3 Å². The van der Waals surface area contributed by atoms with Gasteiger partial charge >= 0.3 is 0 Å². The van der Waals surface area contributed by atoms with Crippen LogP contribution in [0.15, 0.2) is 24.3 Å². The zero-order chi connectivity index (χ0) is 9.52. The van der Waals surface area contributed by atoms with Crippen molar-refractivity contribution in [3.8, 4) is 5.75 Å². The molecule has 0 atom stereocenters. The van der Waals surface area contributed by atoms with Crippen LogP contribution in [-0.2, 0) is 0 Å². The van der Waals surface area contributed by atoms with Crippen molar-refractivity contribution in [2.75, 3.05) is 24.9 Å². The van der Waals surface area contributed by atoms with Gasteiger partial charge in [-0.15, -0.1) is 11.6 Å². The zero-order valence-corrected chi connectivity index (χ0v) is 8.47. The van der Waals surface area contributed by atoms with Gasteiger partial charge in [-0.05, 0) is 18.6 Å². The van der Waals surface area contributed by atoms with Crippen LogP contribution in [0.2, 0.25) is 0 Å². The molecule has 0 fully saturated rings. The number of hydrogen-bond acceptors (Lipinski definition) is 2. The van der Waals surface area contributed by atoms with Crippen molar-refractivity contribution in [1.82, 2.24) is 0 Å². The largest absolute Gasteiger partial charge is 0.491 e. The topological polar surface area (TPSA) is 21.3 Å². The molecule has 0 aliphatic rings. The lowest BCUT2D eigenvalue weighted by Gasteiger charge is -2.09. The Kier molecular flexibility index (Phi) is 4.47. The normalized spacial score (nSPS) is 9.69. The van der Waals surface area contributed by atoms with Crippen molar-refractivity contribution in [3.63, 3.8) is 0 Å². The lowest BCUT2D eigenvalue weighted by molar-refractivity contribution is 0.320. The SMILES string of the molecule is CNc1ccccc1OCCCCl. The van der Waals surface area contributed by atoms with E-state index in [1.54, 1.807) is 0 Å². The number of para-hydroxylation sites is 2. The fourth-order valence-electron chi connectivity index (χ4n) is 1.04. The van der Waals surface area contributed by atoms with E-state index in [-0.39, 0.29) is 0 Å². The first-order valence-electron chi connectivity index (χ1n) is 4.34. The molecule has 0 unspecified atom stereocenters. The molecular formula is C10H14ClNO. The molecule has 0 heterocycles. The second kappa shape index (κ2) is 5.70. The summed E-state index contributed by atoms with van der Waals surface area (Å²) < 4.78 is 5.52. The van der Waals surface area contributed by atoms with Crippen LogP contribution < -0.4 is 10.1 Å². The van der Waals surface area contributed by atoms with Gasteiger partial charge in [-0.3, -0.25) is 0 Å². The summed E-state index contributed by atoms with van der Waals surface area (Å²) >= 11 is 5.55. The van der Waals surface area contributed by atoms with Gasteiger partial charge in [0.05, 0.1) is 12.3 Å². The van der Waals surface area contributed by atoms with E-state index in [0.717, 1.165) is 17.9 Å². The van der Waals surface area contributed by atoms with E-state index in [1.807, 2.05) is 31.3 Å². The van der Waals surface area contributed by atoms with Crippen molar-refractivity contribution in [3.05, 3.63) is 24.3 Å². The van der Waals surface area contributed by atoms with Crippen molar-refractivity contribution in [1.29, 1.82) is 0 Å². The third kappa shape index (κ3) is 3.15. The van der Waals surface area contributed by atoms with E-state index in [2.05, 4.69) is 5.32 Å². The average Bonchev–Trinajstić information content (AvgIpc) is 2.19. The third-order valence-corrected chi connectivity index (χ3v) is 1.96. The predicted octanol–water partition coefficient (Wildman–Crippen LogP) is 2.74. The molecule has 2 nitrogen and oxygen atoms in total. The van der Waals surface area contributed by atoms with Crippen LogP contribution in [0.1, 0.15) is 6.42 Å². The van der Waals surface area contributed by atoms with Crippen molar-refractivity contribution in [2.45, 2.75) is 6.42 Å². The quantitative estimate of drug-likeness (QED) is 0.582. The Morgan fingerprint density at radius 1 is 1.38 bits per heavy atom. The smallest absolute Gasteiger partial charge is 0.142 e. The maximum atomic E-state index is 5.55. The molecule has 3 heteroatoms. The van der Waals surface area contributed by atoms with Gasteiger partial charge < -0.3 is 10.1 Å². The maximum absolute atomic E-state index is 5.55. The van der Waals surface area contributed by atoms with Gasteiger partial charge in [-0.25, -0.2) is 0 Å². The highest BCUT2D eigenvalue weighted by atomic mass is 35.5. The van der Waals surface area contributed by atoms with E-state index in [0.29, 0.717) is 12.5 Å². The fourth-order valence-corrected chi connectivity index (χ4v) is 1.14. The van der Waals surface area contributed by atoms with Crippen LogP contribution >= 0.6 is 11.6 Å². The van der Waals surface area contributed by atoms with Crippen LogP contribution in [-0.4, -0.2) is 19.5 Å². The van der Waals surface area contributed by atoms with Crippen molar-refractivity contribution >= 4 is 17.3 Å². The monoisotopic (exact) mass is 199 g/mol. The second-order valence-electron chi connectivity index (χ2n) is 2.64. The highest BCUT2D eigenvalue weighted by Gasteiger charge is 1.98. The van der Waals surface area contributed by atoms with Crippen molar-refractivity contribution < 1.29 is 4.74 Å². The lowest BCUT2D eigenvalue weighted by atomic mass is 10.3. The first-order valence-corrected chi connectivity index (χ1v) is 4.87. The molecule has 0 saturated carbocycles. The standard InChI is InChI=1S/C10H14ClNO/c1-12-9-5-2-3-6-10(9)13-8-4-7-11/h2-3,5-6,12H,4,7-8H2,1H3. The number of ether oxygens (including phenoxy) is 1. The molecule has 1 N–H and O–H groups in total. The molecule has 0 aromatic heterocycles. The highest BCUT2D eigenvalue weighted by Crippen LogP contribution is 2.22. The molecule has 0 amide bonds. The Morgan fingerprint density at radius 3 is 2.85 bits per heavy atom. The summed E-state index contributed by atoms with van der Waals surface area (Å²) in [6.07, 6.45) is 0.875. The van der Waals surface area contributed by atoms with Crippen LogP contribution in [0.3, 0.4) is 0 Å². The maximum Gasteiger partial charge on any atom is 0.142 e. The summed E-state index contributed by atoms with van der Waals surface area (Å²) in [7, 11) is 1.88. The molecule has 0 radical (unpaired) electrons. The summed E-state index contributed by atoms with van der Waals surface area (Å²) in [4.78, 5) is 0. The highest BCUT2D eigenvalue weighted by molar-refractivity contribution is 6.17. The van der Waals surface area contributed by atoms with Crippen LogP contribution in [0.5, 0.6) is 5.75 Å². The van der Waals surface area contributed by atoms with Gasteiger partial charge in [0.1, 0.15) is 5.75 Å². The number of anilines is 1. The molecular weight excluding hydrogens is 186 g/mol. The Bertz CT molecular complexity index is 252. The molecule has 0 aliphatic heterocycles. The van der Waals surface area contributed by atoms with Crippen LogP contribution in [0.4, 0.5) is 5.69 Å². The van der Waals surface area contributed by atoms with Gasteiger partial charge in [0, 0.05) is 12.9 Å². The summed E-state index contributed by atoms with van der Waals surface area (Å²) in [6, 6.07) is 7.85. The Balaban J connectivity index is 2.54. The second-order valence-corrected chi connectivity index (χ2v) is 3.02. The minimum absolute atomic E-state index is 0.641. The molecule has 1 aromatic rings.